The van der Waals surface area contributed by atoms with Crippen LogP contribution >= 0.6 is 0 Å². The minimum Gasteiger partial charge on any atom is -0.395 e. The van der Waals surface area contributed by atoms with Gasteiger partial charge in [-0.15, -0.1) is 0 Å². The fourth-order valence-electron chi connectivity index (χ4n) is 3.13. The standard InChI is InChI=1S/C13H26N2O3S/c16-11-10-14-6-8-15(9-7-14)19(17,18)12-13-4-2-1-3-5-13/h13,16H,1-12H2. The third-order valence-electron chi connectivity index (χ3n) is 4.31. The molecular weight excluding hydrogens is 264 g/mol. The smallest absolute Gasteiger partial charge is 0.214 e. The minimum atomic E-state index is -3.08. The highest BCUT2D eigenvalue weighted by atomic mass is 32.2. The second kappa shape index (κ2) is 7.02. The molecule has 1 heterocycles. The number of aliphatic hydroxyl groups is 1. The van der Waals surface area contributed by atoms with E-state index in [-0.39, 0.29) is 6.61 Å². The molecule has 5 nitrogen and oxygen atoms in total. The molecule has 2 aliphatic rings. The van der Waals surface area contributed by atoms with Crippen molar-refractivity contribution in [3.05, 3.63) is 0 Å². The highest BCUT2D eigenvalue weighted by Crippen LogP contribution is 2.26. The summed E-state index contributed by atoms with van der Waals surface area (Å²) in [4.78, 5) is 2.12. The van der Waals surface area contributed by atoms with E-state index >= 15 is 0 Å². The fraction of sp³-hybridized carbons (Fsp3) is 1.00. The molecule has 6 heteroatoms. The maximum absolute atomic E-state index is 12.4. The van der Waals surface area contributed by atoms with Crippen LogP contribution in [-0.4, -0.2) is 67.8 Å². The summed E-state index contributed by atoms with van der Waals surface area (Å²) in [7, 11) is -3.08. The number of nitrogens with zero attached hydrogens (tertiary/aromatic N) is 2. The number of rotatable bonds is 5. The third-order valence-corrected chi connectivity index (χ3v) is 6.36. The van der Waals surface area contributed by atoms with Crippen LogP contribution in [0.25, 0.3) is 0 Å². The Labute approximate surface area is 116 Å². The number of β-amino-alcohol motifs (C(OH)–C–C–N with tert-alkyl or cyclic N) is 1. The van der Waals surface area contributed by atoms with Crippen molar-refractivity contribution in [2.45, 2.75) is 32.1 Å². The van der Waals surface area contributed by atoms with Gasteiger partial charge in [-0.2, -0.15) is 4.31 Å². The molecular formula is C13H26N2O3S. The normalized spacial score (nSPS) is 24.7. The Kier molecular flexibility index (Phi) is 5.62. The highest BCUT2D eigenvalue weighted by molar-refractivity contribution is 7.89. The molecule has 0 unspecified atom stereocenters. The van der Waals surface area contributed by atoms with Gasteiger partial charge in [0.1, 0.15) is 0 Å². The second-order valence-corrected chi connectivity index (χ2v) is 7.76. The molecule has 2 rings (SSSR count). The van der Waals surface area contributed by atoms with Crippen molar-refractivity contribution < 1.29 is 13.5 Å². The molecule has 2 fully saturated rings. The Morgan fingerprint density at radius 3 is 2.21 bits per heavy atom. The first-order chi connectivity index (χ1) is 9.12. The van der Waals surface area contributed by atoms with E-state index in [1.54, 1.807) is 4.31 Å². The van der Waals surface area contributed by atoms with Crippen LogP contribution in [-0.2, 0) is 10.0 Å². The van der Waals surface area contributed by atoms with Crippen molar-refractivity contribution in [3.8, 4) is 0 Å². The second-order valence-electron chi connectivity index (χ2n) is 5.75. The lowest BCUT2D eigenvalue weighted by molar-refractivity contribution is 0.151. The first-order valence-electron chi connectivity index (χ1n) is 7.43. The maximum atomic E-state index is 12.4. The van der Waals surface area contributed by atoms with E-state index in [1.807, 2.05) is 0 Å². The van der Waals surface area contributed by atoms with Gasteiger partial charge in [0.25, 0.3) is 0 Å². The summed E-state index contributed by atoms with van der Waals surface area (Å²) in [6.45, 7) is 3.43. The average Bonchev–Trinajstić information content (AvgIpc) is 2.40. The molecule has 0 amide bonds. The molecule has 0 aromatic rings. The number of piperazine rings is 1. The predicted octanol–water partition coefficient (Wildman–Crippen LogP) is 0.506. The first-order valence-corrected chi connectivity index (χ1v) is 9.04. The monoisotopic (exact) mass is 290 g/mol. The van der Waals surface area contributed by atoms with Crippen molar-refractivity contribution in [2.24, 2.45) is 5.92 Å². The maximum Gasteiger partial charge on any atom is 0.214 e. The van der Waals surface area contributed by atoms with Gasteiger partial charge in [0.05, 0.1) is 12.4 Å². The summed E-state index contributed by atoms with van der Waals surface area (Å²) in [5.74, 6) is 0.710. The molecule has 1 aliphatic carbocycles. The molecule has 0 aromatic carbocycles. The molecule has 0 radical (unpaired) electrons. The number of sulfonamides is 1. The Bertz CT molecular complexity index is 358. The van der Waals surface area contributed by atoms with Crippen molar-refractivity contribution in [3.63, 3.8) is 0 Å². The van der Waals surface area contributed by atoms with Crippen molar-refractivity contribution >= 4 is 10.0 Å². The lowest BCUT2D eigenvalue weighted by Crippen LogP contribution is -2.50. The minimum absolute atomic E-state index is 0.148. The van der Waals surface area contributed by atoms with Gasteiger partial charge in [-0.05, 0) is 18.8 Å². The van der Waals surface area contributed by atoms with Crippen LogP contribution < -0.4 is 0 Å². The summed E-state index contributed by atoms with van der Waals surface area (Å²) >= 11 is 0. The van der Waals surface area contributed by atoms with Crippen molar-refractivity contribution in [1.29, 1.82) is 0 Å². The molecule has 19 heavy (non-hydrogen) atoms. The largest absolute Gasteiger partial charge is 0.395 e. The Morgan fingerprint density at radius 2 is 1.63 bits per heavy atom. The molecule has 0 spiro atoms. The predicted molar refractivity (Wildman–Crippen MR) is 75.5 cm³/mol. The SMILES string of the molecule is O=S(=O)(CC1CCCCC1)N1CCN(CCO)CC1. The van der Waals surface area contributed by atoms with Gasteiger partial charge in [0, 0.05) is 32.7 Å². The van der Waals surface area contributed by atoms with Crippen LogP contribution in [0.1, 0.15) is 32.1 Å². The summed E-state index contributed by atoms with van der Waals surface area (Å²) in [6, 6.07) is 0. The fourth-order valence-corrected chi connectivity index (χ4v) is 4.99. The lowest BCUT2D eigenvalue weighted by atomic mass is 9.91. The van der Waals surface area contributed by atoms with E-state index in [9.17, 15) is 8.42 Å². The lowest BCUT2D eigenvalue weighted by Gasteiger charge is -2.34. The van der Waals surface area contributed by atoms with Gasteiger partial charge in [-0.1, -0.05) is 19.3 Å². The molecule has 0 atom stereocenters. The number of hydrogen-bond acceptors (Lipinski definition) is 4. The molecule has 1 saturated heterocycles. The van der Waals surface area contributed by atoms with E-state index < -0.39 is 10.0 Å². The zero-order valence-corrected chi connectivity index (χ0v) is 12.4. The van der Waals surface area contributed by atoms with Gasteiger partial charge < -0.3 is 5.11 Å². The van der Waals surface area contributed by atoms with Crippen LogP contribution in [0.5, 0.6) is 0 Å². The zero-order chi connectivity index (χ0) is 13.7. The van der Waals surface area contributed by atoms with Crippen LogP contribution in [0.15, 0.2) is 0 Å². The molecule has 0 aromatic heterocycles. The Morgan fingerprint density at radius 1 is 1.00 bits per heavy atom. The summed E-state index contributed by atoms with van der Waals surface area (Å²) in [5.41, 5.74) is 0. The average molecular weight is 290 g/mol. The van der Waals surface area contributed by atoms with Crippen LogP contribution in [0.4, 0.5) is 0 Å². The van der Waals surface area contributed by atoms with E-state index in [4.69, 9.17) is 5.11 Å². The van der Waals surface area contributed by atoms with Gasteiger partial charge >= 0.3 is 0 Å². The Balaban J connectivity index is 1.83. The van der Waals surface area contributed by atoms with E-state index in [1.165, 1.54) is 19.3 Å². The zero-order valence-electron chi connectivity index (χ0n) is 11.6. The van der Waals surface area contributed by atoms with Gasteiger partial charge in [0.15, 0.2) is 0 Å². The van der Waals surface area contributed by atoms with Crippen LogP contribution in [0.3, 0.4) is 0 Å². The number of hydrogen-bond donors (Lipinski definition) is 1. The quantitative estimate of drug-likeness (QED) is 0.801. The first kappa shape index (κ1) is 15.2. The number of aliphatic hydroxyl groups excluding tert-OH is 1. The summed E-state index contributed by atoms with van der Waals surface area (Å²) in [6.07, 6.45) is 5.78. The van der Waals surface area contributed by atoms with Gasteiger partial charge in [-0.3, -0.25) is 4.90 Å². The van der Waals surface area contributed by atoms with Crippen LogP contribution in [0, 0.1) is 5.92 Å². The van der Waals surface area contributed by atoms with E-state index in [2.05, 4.69) is 4.90 Å². The molecule has 0 bridgehead atoms. The molecule has 1 aliphatic heterocycles. The summed E-state index contributed by atoms with van der Waals surface area (Å²) in [5, 5.41) is 8.89. The molecule has 112 valence electrons. The van der Waals surface area contributed by atoms with E-state index in [0.717, 1.165) is 25.9 Å². The van der Waals surface area contributed by atoms with Crippen molar-refractivity contribution in [2.75, 3.05) is 45.1 Å². The topological polar surface area (TPSA) is 60.9 Å². The van der Waals surface area contributed by atoms with Crippen LogP contribution in [0.2, 0.25) is 0 Å². The van der Waals surface area contributed by atoms with E-state index in [0.29, 0.717) is 31.3 Å². The van der Waals surface area contributed by atoms with Crippen molar-refractivity contribution in [1.82, 2.24) is 9.21 Å². The molecule has 1 N–H and O–H groups in total. The molecule has 1 saturated carbocycles. The summed E-state index contributed by atoms with van der Waals surface area (Å²) < 4.78 is 26.4. The van der Waals surface area contributed by atoms with Gasteiger partial charge in [-0.25, -0.2) is 8.42 Å². The van der Waals surface area contributed by atoms with Gasteiger partial charge in [0.2, 0.25) is 10.0 Å². The highest BCUT2D eigenvalue weighted by Gasteiger charge is 2.29. The Hall–Kier alpha value is -0.170. The third kappa shape index (κ3) is 4.41.